The molecule has 1 aromatic heterocycles. The molecular formula is C16H22N2O4. The van der Waals surface area contributed by atoms with Gasteiger partial charge in [0.1, 0.15) is 0 Å². The van der Waals surface area contributed by atoms with E-state index in [0.29, 0.717) is 0 Å². The van der Waals surface area contributed by atoms with Crippen molar-refractivity contribution in [2.24, 2.45) is 7.05 Å². The number of para-hydroxylation sites is 1. The molecular weight excluding hydrogens is 284 g/mol. The van der Waals surface area contributed by atoms with Crippen LogP contribution in [0.4, 0.5) is 0 Å². The molecule has 6 nitrogen and oxygen atoms in total. The lowest BCUT2D eigenvalue weighted by molar-refractivity contribution is -0.156. The molecule has 2 aromatic rings. The van der Waals surface area contributed by atoms with Crippen molar-refractivity contribution >= 4 is 5.97 Å². The average Bonchev–Trinajstić information content (AvgIpc) is 2.73. The number of aliphatic carboxylic acids is 1. The number of hydrogen-bond acceptors (Lipinski definition) is 3. The molecule has 22 heavy (non-hydrogen) atoms. The first-order valence-corrected chi connectivity index (χ1v) is 6.97. The van der Waals surface area contributed by atoms with Gasteiger partial charge in [-0.05, 0) is 32.4 Å². The van der Waals surface area contributed by atoms with Crippen LogP contribution in [0.15, 0.2) is 41.2 Å². The predicted molar refractivity (Wildman–Crippen MR) is 84.3 cm³/mol. The van der Waals surface area contributed by atoms with Crippen LogP contribution in [0.3, 0.4) is 0 Å². The number of benzene rings is 1. The fourth-order valence-corrected chi connectivity index (χ4v) is 1.66. The zero-order chi connectivity index (χ0) is 16.9. The van der Waals surface area contributed by atoms with Crippen LogP contribution in [-0.4, -0.2) is 31.1 Å². The molecule has 2 rings (SSSR count). The van der Waals surface area contributed by atoms with Gasteiger partial charge in [0, 0.05) is 18.8 Å². The third kappa shape index (κ3) is 4.08. The van der Waals surface area contributed by atoms with E-state index < -0.39 is 11.6 Å². The van der Waals surface area contributed by atoms with Crippen LogP contribution in [0.1, 0.15) is 26.0 Å². The number of nitrogens with zero attached hydrogens (tertiary/aromatic N) is 2. The molecule has 1 aromatic carbocycles. The first-order chi connectivity index (χ1) is 10.2. The van der Waals surface area contributed by atoms with Crippen LogP contribution in [0, 0.1) is 6.92 Å². The van der Waals surface area contributed by atoms with E-state index in [4.69, 9.17) is 10.2 Å². The second-order valence-electron chi connectivity index (χ2n) is 5.23. The van der Waals surface area contributed by atoms with E-state index in [2.05, 4.69) is 0 Å². The van der Waals surface area contributed by atoms with Gasteiger partial charge in [0.2, 0.25) is 0 Å². The van der Waals surface area contributed by atoms with Gasteiger partial charge in [0.15, 0.2) is 5.60 Å². The van der Waals surface area contributed by atoms with Gasteiger partial charge in [-0.3, -0.25) is 9.48 Å². The smallest absolute Gasteiger partial charge is 0.335 e. The number of hydrogen-bond donors (Lipinski definition) is 2. The first-order valence-electron chi connectivity index (χ1n) is 6.97. The molecule has 0 spiro atoms. The van der Waals surface area contributed by atoms with E-state index >= 15 is 0 Å². The normalized spacial score (nSPS) is 13.0. The molecule has 1 heterocycles. The quantitative estimate of drug-likeness (QED) is 0.904. The largest absolute Gasteiger partial charge is 0.479 e. The summed E-state index contributed by atoms with van der Waals surface area (Å²) in [5, 5.41) is 17.0. The Hall–Kier alpha value is -2.34. The molecule has 0 bridgehead atoms. The van der Waals surface area contributed by atoms with Crippen molar-refractivity contribution in [1.29, 1.82) is 0 Å². The summed E-state index contributed by atoms with van der Waals surface area (Å²) in [5.41, 5.74) is 0.322. The van der Waals surface area contributed by atoms with E-state index in [1.807, 2.05) is 49.0 Å². The van der Waals surface area contributed by atoms with E-state index in [1.54, 1.807) is 17.7 Å². The zero-order valence-corrected chi connectivity index (χ0v) is 13.3. The number of carbonyl (C=O) groups is 1. The van der Waals surface area contributed by atoms with Gasteiger partial charge in [-0.15, -0.1) is 0 Å². The Kier molecular flexibility index (Phi) is 5.70. The number of carboxylic acids is 1. The molecule has 1 unspecified atom stereocenters. The van der Waals surface area contributed by atoms with Crippen molar-refractivity contribution in [3.05, 3.63) is 52.4 Å². The van der Waals surface area contributed by atoms with Crippen molar-refractivity contribution in [2.45, 2.75) is 32.8 Å². The molecule has 0 fully saturated rings. The lowest BCUT2D eigenvalue weighted by Gasteiger charge is -2.13. The standard InChI is InChI=1S/C11H12N2O.C5H10O3/c1-9-8-11(14)13(12(9)2)10-6-4-3-5-7-10;1-3-5(2,8)4(6)7/h3-8H,1-2H3;8H,3H2,1-2H3,(H,6,7). The number of aryl methyl sites for hydroxylation is 1. The van der Waals surface area contributed by atoms with Crippen molar-refractivity contribution in [2.75, 3.05) is 0 Å². The lowest BCUT2D eigenvalue weighted by atomic mass is 10.1. The van der Waals surface area contributed by atoms with Crippen molar-refractivity contribution in [3.8, 4) is 5.69 Å². The topological polar surface area (TPSA) is 84.5 Å². The average molecular weight is 306 g/mol. The van der Waals surface area contributed by atoms with Gasteiger partial charge in [-0.25, -0.2) is 9.48 Å². The van der Waals surface area contributed by atoms with E-state index in [-0.39, 0.29) is 12.0 Å². The van der Waals surface area contributed by atoms with E-state index in [0.717, 1.165) is 11.4 Å². The fraction of sp³-hybridized carbons (Fsp3) is 0.375. The Morgan fingerprint density at radius 2 is 1.82 bits per heavy atom. The van der Waals surface area contributed by atoms with Gasteiger partial charge in [0.05, 0.1) is 5.69 Å². The molecule has 0 saturated heterocycles. The summed E-state index contributed by atoms with van der Waals surface area (Å²) in [6, 6.07) is 11.2. The van der Waals surface area contributed by atoms with Crippen LogP contribution in [0.25, 0.3) is 5.69 Å². The maximum atomic E-state index is 11.6. The molecule has 1 atom stereocenters. The summed E-state index contributed by atoms with van der Waals surface area (Å²) in [6.07, 6.45) is 0.238. The summed E-state index contributed by atoms with van der Waals surface area (Å²) in [7, 11) is 1.88. The summed E-state index contributed by atoms with van der Waals surface area (Å²) in [4.78, 5) is 21.6. The van der Waals surface area contributed by atoms with Crippen molar-refractivity contribution in [3.63, 3.8) is 0 Å². The monoisotopic (exact) mass is 306 g/mol. The van der Waals surface area contributed by atoms with Gasteiger partial charge >= 0.3 is 5.97 Å². The molecule has 0 aliphatic carbocycles. The molecule has 2 N–H and O–H groups in total. The highest BCUT2D eigenvalue weighted by Crippen LogP contribution is 2.06. The number of aromatic nitrogens is 2. The SMILES string of the molecule is CCC(C)(O)C(=O)O.Cc1cc(=O)n(-c2ccccc2)n1C. The maximum Gasteiger partial charge on any atom is 0.335 e. The van der Waals surface area contributed by atoms with E-state index in [1.165, 1.54) is 6.92 Å². The minimum atomic E-state index is -1.54. The highest BCUT2D eigenvalue weighted by molar-refractivity contribution is 5.76. The number of rotatable bonds is 3. The lowest BCUT2D eigenvalue weighted by Crippen LogP contribution is -2.33. The van der Waals surface area contributed by atoms with Gasteiger partial charge in [0.25, 0.3) is 5.56 Å². The second kappa shape index (κ2) is 7.09. The maximum absolute atomic E-state index is 11.6. The Morgan fingerprint density at radius 3 is 2.14 bits per heavy atom. The highest BCUT2D eigenvalue weighted by atomic mass is 16.4. The molecule has 6 heteroatoms. The van der Waals surface area contributed by atoms with Crippen LogP contribution < -0.4 is 5.56 Å². The predicted octanol–water partition coefficient (Wildman–Crippen LogP) is 1.72. The second-order valence-corrected chi connectivity index (χ2v) is 5.23. The minimum absolute atomic E-state index is 0.0104. The summed E-state index contributed by atoms with van der Waals surface area (Å²) in [6.45, 7) is 4.81. The first kappa shape index (κ1) is 17.7. The Bertz CT molecular complexity index is 684. The molecule has 0 aliphatic heterocycles. The summed E-state index contributed by atoms with van der Waals surface area (Å²) >= 11 is 0. The van der Waals surface area contributed by atoms with Gasteiger partial charge < -0.3 is 10.2 Å². The third-order valence-corrected chi connectivity index (χ3v) is 3.50. The summed E-state index contributed by atoms with van der Waals surface area (Å²) < 4.78 is 3.49. The van der Waals surface area contributed by atoms with Gasteiger partial charge in [-0.1, -0.05) is 25.1 Å². The number of carboxylic acid groups (broad SMARTS) is 1. The van der Waals surface area contributed by atoms with Crippen LogP contribution in [0.5, 0.6) is 0 Å². The number of aliphatic hydroxyl groups is 1. The molecule has 120 valence electrons. The van der Waals surface area contributed by atoms with Crippen molar-refractivity contribution in [1.82, 2.24) is 9.36 Å². The Labute approximate surface area is 129 Å². The highest BCUT2D eigenvalue weighted by Gasteiger charge is 2.26. The third-order valence-electron chi connectivity index (χ3n) is 3.50. The van der Waals surface area contributed by atoms with Gasteiger partial charge in [-0.2, -0.15) is 0 Å². The van der Waals surface area contributed by atoms with Crippen LogP contribution in [0.2, 0.25) is 0 Å². The zero-order valence-electron chi connectivity index (χ0n) is 13.3. The Morgan fingerprint density at radius 1 is 1.27 bits per heavy atom. The summed E-state index contributed by atoms with van der Waals surface area (Å²) in [5.74, 6) is -1.17. The Balaban J connectivity index is 0.000000261. The minimum Gasteiger partial charge on any atom is -0.479 e. The van der Waals surface area contributed by atoms with E-state index in [9.17, 15) is 9.59 Å². The van der Waals surface area contributed by atoms with Crippen LogP contribution in [-0.2, 0) is 11.8 Å². The molecule has 0 saturated carbocycles. The van der Waals surface area contributed by atoms with Crippen molar-refractivity contribution < 1.29 is 15.0 Å². The fourth-order valence-electron chi connectivity index (χ4n) is 1.66. The molecule has 0 aliphatic rings. The van der Waals surface area contributed by atoms with Crippen LogP contribution >= 0.6 is 0 Å². The molecule has 0 radical (unpaired) electrons. The molecule has 0 amide bonds.